The van der Waals surface area contributed by atoms with Gasteiger partial charge in [0.05, 0.1) is 0 Å². The third-order valence-corrected chi connectivity index (χ3v) is 3.35. The Kier molecular flexibility index (Phi) is 0.678. The maximum absolute atomic E-state index is 2.45. The first-order chi connectivity index (χ1) is 3.76. The van der Waals surface area contributed by atoms with E-state index in [2.05, 4.69) is 13.8 Å². The van der Waals surface area contributed by atoms with Gasteiger partial charge in [0.1, 0.15) is 0 Å². The van der Waals surface area contributed by atoms with Gasteiger partial charge in [-0.2, -0.15) is 0 Å². The molecule has 2 saturated carbocycles. The topological polar surface area (TPSA) is 0 Å². The lowest BCUT2D eigenvalue weighted by Crippen LogP contribution is -2.28. The van der Waals surface area contributed by atoms with Gasteiger partial charge < -0.3 is 0 Å². The highest BCUT2D eigenvalue weighted by molar-refractivity contribution is 5.09. The molecule has 0 aromatic carbocycles. The molecule has 0 amide bonds. The molecule has 0 heterocycles. The predicted octanol–water partition coefficient (Wildman–Crippen LogP) is 2.44. The molecule has 0 bridgehead atoms. The van der Waals surface area contributed by atoms with Crippen molar-refractivity contribution in [3.63, 3.8) is 0 Å². The van der Waals surface area contributed by atoms with E-state index in [0.29, 0.717) is 0 Å². The highest BCUT2D eigenvalue weighted by atomic mass is 14.6. The van der Waals surface area contributed by atoms with Gasteiger partial charge in [-0.1, -0.05) is 20.3 Å². The van der Waals surface area contributed by atoms with Crippen LogP contribution in [0.5, 0.6) is 0 Å². The monoisotopic (exact) mass is 110 g/mol. The van der Waals surface area contributed by atoms with Crippen LogP contribution in [0.1, 0.15) is 33.1 Å². The largest absolute Gasteiger partial charge is 0.0649 e. The van der Waals surface area contributed by atoms with Gasteiger partial charge in [-0.25, -0.2) is 0 Å². The molecule has 8 heavy (non-hydrogen) atoms. The van der Waals surface area contributed by atoms with Gasteiger partial charge in [0.2, 0.25) is 0 Å². The van der Waals surface area contributed by atoms with Crippen molar-refractivity contribution in [1.29, 1.82) is 0 Å². The van der Waals surface area contributed by atoms with Crippen molar-refractivity contribution in [3.05, 3.63) is 0 Å². The summed E-state index contributed by atoms with van der Waals surface area (Å²) in [6, 6.07) is 0. The van der Waals surface area contributed by atoms with Gasteiger partial charge in [0.25, 0.3) is 0 Å². The number of hydrogen-bond acceptors (Lipinski definition) is 0. The van der Waals surface area contributed by atoms with E-state index in [1.54, 1.807) is 6.42 Å². The van der Waals surface area contributed by atoms with E-state index < -0.39 is 0 Å². The summed E-state index contributed by atoms with van der Waals surface area (Å²) in [7, 11) is 0. The summed E-state index contributed by atoms with van der Waals surface area (Å²) in [4.78, 5) is 0. The number of rotatable bonds is 1. The fraction of sp³-hybridized carbons (Fsp3) is 1.00. The van der Waals surface area contributed by atoms with E-state index in [1.165, 1.54) is 18.8 Å². The quantitative estimate of drug-likeness (QED) is 0.486. The van der Waals surface area contributed by atoms with Crippen LogP contribution < -0.4 is 0 Å². The van der Waals surface area contributed by atoms with Crippen LogP contribution in [0.15, 0.2) is 0 Å². The molecule has 3 unspecified atom stereocenters. The summed E-state index contributed by atoms with van der Waals surface area (Å²) in [6.45, 7) is 4.77. The molecule has 0 nitrogen and oxygen atoms in total. The van der Waals surface area contributed by atoms with Gasteiger partial charge in [-0.05, 0) is 30.1 Å². The highest BCUT2D eigenvalue weighted by Crippen LogP contribution is 2.68. The first-order valence-electron chi connectivity index (χ1n) is 3.76. The minimum atomic E-state index is 0.796. The zero-order valence-corrected chi connectivity index (χ0v) is 5.78. The highest BCUT2D eigenvalue weighted by Gasteiger charge is 2.59. The smallest absolute Gasteiger partial charge is 0.0295 e. The van der Waals surface area contributed by atoms with E-state index in [9.17, 15) is 0 Å². The maximum atomic E-state index is 2.45. The van der Waals surface area contributed by atoms with Crippen LogP contribution in [0.2, 0.25) is 0 Å². The molecule has 2 aliphatic rings. The van der Waals surface area contributed by atoms with Gasteiger partial charge in [-0.15, -0.1) is 0 Å². The molecular formula is C8H14. The van der Waals surface area contributed by atoms with Crippen LogP contribution in [0.25, 0.3) is 0 Å². The zero-order chi connectivity index (χ0) is 5.78. The van der Waals surface area contributed by atoms with Crippen molar-refractivity contribution in [2.45, 2.75) is 33.1 Å². The summed E-state index contributed by atoms with van der Waals surface area (Å²) in [6.07, 6.45) is 4.51. The Bertz CT molecular complexity index is 117. The molecule has 0 aromatic rings. The Labute approximate surface area is 51.3 Å². The molecule has 46 valence electrons. The molecule has 0 saturated heterocycles. The summed E-state index contributed by atoms with van der Waals surface area (Å²) in [5, 5.41) is 0. The lowest BCUT2D eigenvalue weighted by Gasteiger charge is -2.36. The summed E-state index contributed by atoms with van der Waals surface area (Å²) < 4.78 is 0. The van der Waals surface area contributed by atoms with E-state index in [0.717, 1.165) is 11.3 Å². The van der Waals surface area contributed by atoms with Crippen molar-refractivity contribution < 1.29 is 0 Å². The van der Waals surface area contributed by atoms with Crippen LogP contribution in [-0.2, 0) is 0 Å². The fourth-order valence-corrected chi connectivity index (χ4v) is 2.32. The van der Waals surface area contributed by atoms with E-state index in [4.69, 9.17) is 0 Å². The van der Waals surface area contributed by atoms with Crippen LogP contribution in [0.4, 0.5) is 0 Å². The molecule has 0 N–H and O–H groups in total. The molecule has 0 radical (unpaired) electrons. The zero-order valence-electron chi connectivity index (χ0n) is 5.78. The van der Waals surface area contributed by atoms with Gasteiger partial charge >= 0.3 is 0 Å². The molecule has 2 fully saturated rings. The van der Waals surface area contributed by atoms with Crippen molar-refractivity contribution in [2.75, 3.05) is 0 Å². The van der Waals surface area contributed by atoms with Crippen molar-refractivity contribution in [2.24, 2.45) is 17.3 Å². The van der Waals surface area contributed by atoms with E-state index >= 15 is 0 Å². The molecule has 2 aliphatic carbocycles. The first-order valence-corrected chi connectivity index (χ1v) is 3.76. The molecule has 0 heteroatoms. The Balaban J connectivity index is 2.06. The van der Waals surface area contributed by atoms with E-state index in [-0.39, 0.29) is 0 Å². The van der Waals surface area contributed by atoms with Gasteiger partial charge in [0, 0.05) is 0 Å². The van der Waals surface area contributed by atoms with Crippen LogP contribution in [-0.4, -0.2) is 0 Å². The molecular weight excluding hydrogens is 96.1 g/mol. The molecule has 0 aliphatic heterocycles. The third-order valence-electron chi connectivity index (χ3n) is 3.35. The molecule has 2 rings (SSSR count). The Morgan fingerprint density at radius 2 is 2.38 bits per heavy atom. The van der Waals surface area contributed by atoms with E-state index in [1.807, 2.05) is 0 Å². The van der Waals surface area contributed by atoms with Crippen molar-refractivity contribution in [1.82, 2.24) is 0 Å². The molecule has 0 spiro atoms. The molecule has 3 atom stereocenters. The number of fused-ring (bicyclic) bond motifs is 1. The van der Waals surface area contributed by atoms with Gasteiger partial charge in [0.15, 0.2) is 0 Å². The third kappa shape index (κ3) is 0.375. The average Bonchev–Trinajstić information content (AvgIpc) is 2.40. The second-order valence-electron chi connectivity index (χ2n) is 3.81. The second-order valence-corrected chi connectivity index (χ2v) is 3.81. The predicted molar refractivity (Wildman–Crippen MR) is 34.6 cm³/mol. The number of hydrogen-bond donors (Lipinski definition) is 0. The minimum Gasteiger partial charge on any atom is -0.0649 e. The molecule has 0 aromatic heterocycles. The summed E-state index contributed by atoms with van der Waals surface area (Å²) in [5.74, 6) is 2.34. The van der Waals surface area contributed by atoms with Crippen LogP contribution in [0.3, 0.4) is 0 Å². The Hall–Kier alpha value is 0. The second kappa shape index (κ2) is 1.12. The normalized spacial score (nSPS) is 59.2. The first kappa shape index (κ1) is 4.84. The minimum absolute atomic E-state index is 0.796. The van der Waals surface area contributed by atoms with Crippen molar-refractivity contribution >= 4 is 0 Å². The lowest BCUT2D eigenvalue weighted by molar-refractivity contribution is 0.132. The standard InChI is InChI=1S/C8H14/c1-3-8(2)5-6-4-7(6)8/h6-7H,3-5H2,1-2H3. The summed E-state index contributed by atoms with van der Waals surface area (Å²) >= 11 is 0. The Morgan fingerprint density at radius 3 is 2.50 bits per heavy atom. The van der Waals surface area contributed by atoms with Gasteiger partial charge in [-0.3, -0.25) is 0 Å². The maximum Gasteiger partial charge on any atom is -0.0295 e. The average molecular weight is 110 g/mol. The Morgan fingerprint density at radius 1 is 1.62 bits per heavy atom. The lowest BCUT2D eigenvalue weighted by atomic mass is 9.69. The SMILES string of the molecule is CCC1(C)CC2CC21. The summed E-state index contributed by atoms with van der Waals surface area (Å²) in [5.41, 5.74) is 0.796. The fourth-order valence-electron chi connectivity index (χ4n) is 2.32. The van der Waals surface area contributed by atoms with Crippen molar-refractivity contribution in [3.8, 4) is 0 Å². The van der Waals surface area contributed by atoms with Crippen LogP contribution in [0, 0.1) is 17.3 Å². The van der Waals surface area contributed by atoms with Crippen LogP contribution >= 0.6 is 0 Å².